The Morgan fingerprint density at radius 1 is 1.20 bits per heavy atom. The highest BCUT2D eigenvalue weighted by Gasteiger charge is 2.41. The highest BCUT2D eigenvalue weighted by molar-refractivity contribution is 7.20. The Morgan fingerprint density at radius 3 is 2.74 bits per heavy atom. The van der Waals surface area contributed by atoms with E-state index in [-0.39, 0.29) is 11.1 Å². The van der Waals surface area contributed by atoms with Gasteiger partial charge in [-0.1, -0.05) is 17.4 Å². The number of ether oxygens (including phenoxy) is 1. The zero-order valence-corrected chi connectivity index (χ0v) is 19.2. The molecule has 2 aromatic carbocycles. The van der Waals surface area contributed by atoms with E-state index in [0.717, 1.165) is 16.3 Å². The number of imide groups is 1. The van der Waals surface area contributed by atoms with Crippen molar-refractivity contribution >= 4 is 50.8 Å². The lowest BCUT2D eigenvalue weighted by Crippen LogP contribution is -2.37. The van der Waals surface area contributed by atoms with Crippen molar-refractivity contribution in [2.24, 2.45) is 0 Å². The van der Waals surface area contributed by atoms with Crippen molar-refractivity contribution < 1.29 is 24.0 Å². The van der Waals surface area contributed by atoms with E-state index in [4.69, 9.17) is 4.74 Å². The molecule has 0 spiro atoms. The number of rotatable bonds is 6. The van der Waals surface area contributed by atoms with Gasteiger partial charge < -0.3 is 10.1 Å². The molecule has 0 atom stereocenters. The summed E-state index contributed by atoms with van der Waals surface area (Å²) < 4.78 is 7.56. The van der Waals surface area contributed by atoms with E-state index in [0.29, 0.717) is 27.3 Å². The summed E-state index contributed by atoms with van der Waals surface area (Å²) in [5, 5.41) is 18.8. The highest BCUT2D eigenvalue weighted by Crippen LogP contribution is 2.32. The Labute approximate surface area is 200 Å². The molecule has 0 radical (unpaired) electrons. The predicted octanol–water partition coefficient (Wildman–Crippen LogP) is 2.94. The number of hydrogen-bond acceptors (Lipinski definition) is 9. The molecule has 3 amide bonds. The Kier molecular flexibility index (Phi) is 5.25. The Hall–Kier alpha value is -4.65. The molecule has 0 saturated carbocycles. The smallest absolute Gasteiger partial charge is 0.282 e. The first-order chi connectivity index (χ1) is 16.8. The summed E-state index contributed by atoms with van der Waals surface area (Å²) in [5.74, 6) is -1.36. The first-order valence-corrected chi connectivity index (χ1v) is 11.0. The number of thiazole rings is 1. The van der Waals surface area contributed by atoms with Crippen LogP contribution in [0.1, 0.15) is 26.4 Å². The Bertz CT molecular complexity index is 1560. The van der Waals surface area contributed by atoms with E-state index >= 15 is 0 Å². The second-order valence-corrected chi connectivity index (χ2v) is 8.62. The normalized spacial score (nSPS) is 12.8. The number of benzene rings is 2. The summed E-state index contributed by atoms with van der Waals surface area (Å²) in [7, 11) is 1.57. The van der Waals surface area contributed by atoms with Gasteiger partial charge in [-0.05, 0) is 31.2 Å². The fraction of sp³-hybridized carbons (Fsp3) is 0.136. The van der Waals surface area contributed by atoms with Crippen molar-refractivity contribution in [1.29, 1.82) is 0 Å². The summed E-state index contributed by atoms with van der Waals surface area (Å²) >= 11 is 1.34. The number of anilines is 1. The van der Waals surface area contributed by atoms with Crippen LogP contribution in [0.25, 0.3) is 15.3 Å². The van der Waals surface area contributed by atoms with Crippen LogP contribution in [-0.2, 0) is 4.79 Å². The van der Waals surface area contributed by atoms with Gasteiger partial charge in [0.25, 0.3) is 17.5 Å². The average molecular weight is 492 g/mol. The second kappa shape index (κ2) is 8.29. The molecule has 0 saturated heterocycles. The average Bonchev–Trinajstić information content (AvgIpc) is 3.48. The number of carbonyl (C=O) groups is 3. The number of fused-ring (bicyclic) bond motifs is 2. The molecular formula is C22H16N6O6S. The highest BCUT2D eigenvalue weighted by atomic mass is 32.1. The minimum Gasteiger partial charge on any atom is -0.497 e. The van der Waals surface area contributed by atoms with Gasteiger partial charge in [-0.25, -0.2) is 4.98 Å². The molecule has 4 aromatic rings. The van der Waals surface area contributed by atoms with Crippen LogP contribution >= 0.6 is 11.3 Å². The molecule has 13 heteroatoms. The Balaban J connectivity index is 1.39. The molecule has 0 bridgehead atoms. The van der Waals surface area contributed by atoms with Gasteiger partial charge in [0.05, 0.1) is 33.5 Å². The molecule has 5 rings (SSSR count). The van der Waals surface area contributed by atoms with Gasteiger partial charge in [0.1, 0.15) is 23.7 Å². The van der Waals surface area contributed by atoms with Crippen LogP contribution in [0.2, 0.25) is 0 Å². The third-order valence-electron chi connectivity index (χ3n) is 5.34. The van der Waals surface area contributed by atoms with E-state index in [2.05, 4.69) is 15.4 Å². The van der Waals surface area contributed by atoms with Gasteiger partial charge in [-0.3, -0.25) is 29.4 Å². The summed E-state index contributed by atoms with van der Waals surface area (Å²) in [6.45, 7) is 1.12. The molecular weight excluding hydrogens is 476 g/mol. The Morgan fingerprint density at radius 2 is 2.00 bits per heavy atom. The molecule has 1 aliphatic rings. The van der Waals surface area contributed by atoms with Gasteiger partial charge in [-0.15, -0.1) is 0 Å². The van der Waals surface area contributed by atoms with Crippen molar-refractivity contribution in [2.75, 3.05) is 19.0 Å². The van der Waals surface area contributed by atoms with E-state index < -0.39 is 34.9 Å². The molecule has 12 nitrogen and oxygen atoms in total. The molecule has 0 unspecified atom stereocenters. The van der Waals surface area contributed by atoms with Crippen LogP contribution in [0.4, 0.5) is 11.5 Å². The number of aryl methyl sites for hydroxylation is 1. The maximum atomic E-state index is 12.8. The molecule has 0 fully saturated rings. The number of carbonyl (C=O) groups excluding carboxylic acids is 3. The maximum absolute atomic E-state index is 12.8. The maximum Gasteiger partial charge on any atom is 0.282 e. The van der Waals surface area contributed by atoms with E-state index in [9.17, 15) is 24.5 Å². The van der Waals surface area contributed by atoms with Gasteiger partial charge in [0.2, 0.25) is 11.0 Å². The van der Waals surface area contributed by atoms with Crippen LogP contribution in [0, 0.1) is 17.0 Å². The summed E-state index contributed by atoms with van der Waals surface area (Å²) in [6, 6.07) is 10.8. The van der Waals surface area contributed by atoms with Crippen molar-refractivity contribution in [3.05, 3.63) is 69.4 Å². The monoisotopic (exact) mass is 492 g/mol. The molecule has 0 aliphatic carbocycles. The van der Waals surface area contributed by atoms with Gasteiger partial charge in [0, 0.05) is 12.1 Å². The zero-order chi connectivity index (χ0) is 24.9. The summed E-state index contributed by atoms with van der Waals surface area (Å²) in [5.41, 5.74) is 0.422. The molecule has 2 aromatic heterocycles. The van der Waals surface area contributed by atoms with Gasteiger partial charge in [-0.2, -0.15) is 9.78 Å². The molecule has 176 valence electrons. The number of nitrogens with one attached hydrogen (secondary N) is 1. The SMILES string of the molecule is COc1ccc2nc(-n3nc(C)cc3NC(=O)CN3C(=O)c4cccc([N+](=O)[O-])c4C3=O)sc2c1. The number of amides is 3. The molecule has 35 heavy (non-hydrogen) atoms. The zero-order valence-electron chi connectivity index (χ0n) is 18.3. The quantitative estimate of drug-likeness (QED) is 0.245. The largest absolute Gasteiger partial charge is 0.497 e. The van der Waals surface area contributed by atoms with Crippen molar-refractivity contribution in [2.45, 2.75) is 6.92 Å². The number of nitro groups is 1. The number of nitro benzene ring substituents is 1. The number of hydrogen-bond donors (Lipinski definition) is 1. The minimum absolute atomic E-state index is 0.109. The van der Waals surface area contributed by atoms with E-state index in [1.165, 1.54) is 28.2 Å². The number of methoxy groups -OCH3 is 1. The van der Waals surface area contributed by atoms with Crippen LogP contribution in [-0.4, -0.2) is 56.0 Å². The lowest BCUT2D eigenvalue weighted by atomic mass is 10.1. The standard InChI is InChI=1S/C22H16N6O6S/c1-11-8-17(27(25-11)22-23-14-7-6-12(34-2)9-16(14)35-22)24-18(29)10-26-20(30)13-4-3-5-15(28(32)33)19(13)21(26)31/h3-9H,10H2,1-2H3,(H,24,29). The topological polar surface area (TPSA) is 150 Å². The number of nitrogens with zero attached hydrogens (tertiary/aromatic N) is 5. The van der Waals surface area contributed by atoms with Gasteiger partial charge in [0.15, 0.2) is 0 Å². The van der Waals surface area contributed by atoms with Crippen molar-refractivity contribution in [3.8, 4) is 10.9 Å². The van der Waals surface area contributed by atoms with E-state index in [1.54, 1.807) is 26.2 Å². The third kappa shape index (κ3) is 3.77. The molecule has 1 N–H and O–H groups in total. The fourth-order valence-corrected chi connectivity index (χ4v) is 4.74. The predicted molar refractivity (Wildman–Crippen MR) is 125 cm³/mol. The minimum atomic E-state index is -0.891. The van der Waals surface area contributed by atoms with E-state index in [1.807, 2.05) is 12.1 Å². The number of aromatic nitrogens is 3. The van der Waals surface area contributed by atoms with Crippen LogP contribution < -0.4 is 10.1 Å². The fourth-order valence-electron chi connectivity index (χ4n) is 3.78. The molecule has 1 aliphatic heterocycles. The summed E-state index contributed by atoms with van der Waals surface area (Å²) in [4.78, 5) is 54.0. The van der Waals surface area contributed by atoms with Crippen LogP contribution in [0.5, 0.6) is 5.75 Å². The van der Waals surface area contributed by atoms with Gasteiger partial charge >= 0.3 is 0 Å². The lowest BCUT2D eigenvalue weighted by molar-refractivity contribution is -0.385. The van der Waals surface area contributed by atoms with Crippen molar-refractivity contribution in [3.63, 3.8) is 0 Å². The third-order valence-corrected chi connectivity index (χ3v) is 6.33. The van der Waals surface area contributed by atoms with Crippen molar-refractivity contribution in [1.82, 2.24) is 19.7 Å². The summed E-state index contributed by atoms with van der Waals surface area (Å²) in [6.07, 6.45) is 0. The first-order valence-electron chi connectivity index (χ1n) is 10.2. The molecule has 3 heterocycles. The first kappa shape index (κ1) is 22.2. The lowest BCUT2D eigenvalue weighted by Gasteiger charge is -2.13. The second-order valence-electron chi connectivity index (χ2n) is 7.61. The van der Waals surface area contributed by atoms with Crippen LogP contribution in [0.15, 0.2) is 42.5 Å². The van der Waals surface area contributed by atoms with Crippen LogP contribution in [0.3, 0.4) is 0 Å².